The summed E-state index contributed by atoms with van der Waals surface area (Å²) < 4.78 is 5.48. The van der Waals surface area contributed by atoms with Gasteiger partial charge in [0.15, 0.2) is 0 Å². The smallest absolute Gasteiger partial charge is 0.349 e. The van der Waals surface area contributed by atoms with Gasteiger partial charge in [-0.05, 0) is 24.1 Å². The highest BCUT2D eigenvalue weighted by molar-refractivity contribution is 6.31. The minimum atomic E-state index is -0.716. The fourth-order valence-corrected chi connectivity index (χ4v) is 1.92. The third-order valence-corrected chi connectivity index (χ3v) is 3.09. The van der Waals surface area contributed by atoms with E-state index in [1.807, 2.05) is 25.1 Å². The minimum Gasteiger partial charge on any atom is -0.449 e. The minimum absolute atomic E-state index is 0.0503. The lowest BCUT2D eigenvalue weighted by Gasteiger charge is -2.08. The monoisotopic (exact) mass is 303 g/mol. The number of halogens is 1. The first kappa shape index (κ1) is 14.8. The SMILES string of the molecule is CCc1ccc(Oc2c(C#N)cnc(Cl)c2[N+](=O)[O-])cc1. The molecule has 1 heterocycles. The number of nitrogens with zero attached hydrogens (tertiary/aromatic N) is 3. The van der Waals surface area contributed by atoms with Crippen LogP contribution in [0.5, 0.6) is 11.5 Å². The molecule has 0 fully saturated rings. The van der Waals surface area contributed by atoms with E-state index in [0.29, 0.717) is 5.75 Å². The van der Waals surface area contributed by atoms with E-state index < -0.39 is 10.6 Å². The van der Waals surface area contributed by atoms with Gasteiger partial charge in [-0.3, -0.25) is 10.1 Å². The second-order valence-corrected chi connectivity index (χ2v) is 4.47. The lowest BCUT2D eigenvalue weighted by Crippen LogP contribution is -1.99. The van der Waals surface area contributed by atoms with Crippen molar-refractivity contribution in [3.05, 3.63) is 56.9 Å². The Morgan fingerprint density at radius 3 is 2.62 bits per heavy atom. The van der Waals surface area contributed by atoms with Gasteiger partial charge in [0.1, 0.15) is 17.4 Å². The molecule has 21 heavy (non-hydrogen) atoms. The van der Waals surface area contributed by atoms with E-state index in [2.05, 4.69) is 4.98 Å². The molecule has 1 aromatic carbocycles. The highest BCUT2D eigenvalue weighted by atomic mass is 35.5. The van der Waals surface area contributed by atoms with Crippen LogP contribution in [0.2, 0.25) is 5.15 Å². The normalized spacial score (nSPS) is 9.95. The molecule has 0 unspecified atom stereocenters. The Kier molecular flexibility index (Phi) is 4.36. The third kappa shape index (κ3) is 3.09. The molecule has 0 saturated carbocycles. The average Bonchev–Trinajstić information content (AvgIpc) is 2.48. The van der Waals surface area contributed by atoms with E-state index in [-0.39, 0.29) is 16.5 Å². The fourth-order valence-electron chi connectivity index (χ4n) is 1.71. The molecule has 0 N–H and O–H groups in total. The number of aromatic nitrogens is 1. The molecule has 7 heteroatoms. The number of hydrogen-bond acceptors (Lipinski definition) is 5. The number of pyridine rings is 1. The maximum Gasteiger partial charge on any atom is 0.349 e. The van der Waals surface area contributed by atoms with Crippen LogP contribution >= 0.6 is 11.6 Å². The summed E-state index contributed by atoms with van der Waals surface area (Å²) in [4.78, 5) is 14.0. The van der Waals surface area contributed by atoms with Gasteiger partial charge in [-0.2, -0.15) is 5.26 Å². The molecule has 2 aromatic rings. The molecule has 0 atom stereocenters. The summed E-state index contributed by atoms with van der Waals surface area (Å²) >= 11 is 5.73. The molecule has 0 aliphatic carbocycles. The van der Waals surface area contributed by atoms with Crippen LogP contribution < -0.4 is 4.74 Å². The number of nitriles is 1. The van der Waals surface area contributed by atoms with Gasteiger partial charge in [0.25, 0.3) is 0 Å². The highest BCUT2D eigenvalue weighted by Gasteiger charge is 2.26. The molecular formula is C14H10ClN3O3. The quantitative estimate of drug-likeness (QED) is 0.486. The summed E-state index contributed by atoms with van der Waals surface area (Å²) in [5.74, 6) is 0.181. The summed E-state index contributed by atoms with van der Waals surface area (Å²) in [6, 6.07) is 8.85. The molecule has 2 rings (SSSR count). The van der Waals surface area contributed by atoms with Crippen molar-refractivity contribution in [3.63, 3.8) is 0 Å². The van der Waals surface area contributed by atoms with Crippen molar-refractivity contribution in [2.75, 3.05) is 0 Å². The first-order chi connectivity index (χ1) is 10.1. The van der Waals surface area contributed by atoms with Crippen LogP contribution in [0.3, 0.4) is 0 Å². The van der Waals surface area contributed by atoms with Crippen molar-refractivity contribution >= 4 is 17.3 Å². The summed E-state index contributed by atoms with van der Waals surface area (Å²) in [5, 5.41) is 19.8. The zero-order chi connectivity index (χ0) is 15.4. The van der Waals surface area contributed by atoms with Crippen molar-refractivity contribution in [1.29, 1.82) is 5.26 Å². The van der Waals surface area contributed by atoms with Gasteiger partial charge in [0.05, 0.1) is 11.1 Å². The van der Waals surface area contributed by atoms with Gasteiger partial charge < -0.3 is 4.74 Å². The Morgan fingerprint density at radius 1 is 1.43 bits per heavy atom. The highest BCUT2D eigenvalue weighted by Crippen LogP contribution is 2.38. The molecule has 6 nitrogen and oxygen atoms in total. The van der Waals surface area contributed by atoms with Crippen LogP contribution in [0, 0.1) is 21.4 Å². The van der Waals surface area contributed by atoms with Gasteiger partial charge in [-0.25, -0.2) is 4.98 Å². The zero-order valence-electron chi connectivity index (χ0n) is 11.0. The Hall–Kier alpha value is -2.65. The topological polar surface area (TPSA) is 89.0 Å². The molecule has 106 valence electrons. The third-order valence-electron chi connectivity index (χ3n) is 2.82. The van der Waals surface area contributed by atoms with E-state index in [4.69, 9.17) is 21.6 Å². The predicted octanol–water partition coefficient (Wildman–Crippen LogP) is 3.87. The molecule has 1 aromatic heterocycles. The summed E-state index contributed by atoms with van der Waals surface area (Å²) in [7, 11) is 0. The lowest BCUT2D eigenvalue weighted by molar-refractivity contribution is -0.385. The van der Waals surface area contributed by atoms with Crippen LogP contribution in [0.25, 0.3) is 0 Å². The second kappa shape index (κ2) is 6.20. The number of nitro groups is 1. The van der Waals surface area contributed by atoms with Crippen LogP contribution in [0.15, 0.2) is 30.5 Å². The molecule has 0 aliphatic heterocycles. The maximum absolute atomic E-state index is 11.1. The Labute approximate surface area is 125 Å². The van der Waals surface area contributed by atoms with Gasteiger partial charge in [-0.1, -0.05) is 30.7 Å². The summed E-state index contributed by atoms with van der Waals surface area (Å²) in [5.41, 5.74) is 0.533. The number of benzene rings is 1. The molecule has 0 bridgehead atoms. The summed E-state index contributed by atoms with van der Waals surface area (Å²) in [6.07, 6.45) is 2.01. The van der Waals surface area contributed by atoms with Crippen LogP contribution in [0.4, 0.5) is 5.69 Å². The first-order valence-corrected chi connectivity index (χ1v) is 6.44. The number of aryl methyl sites for hydroxylation is 1. The largest absolute Gasteiger partial charge is 0.449 e. The van der Waals surface area contributed by atoms with E-state index in [9.17, 15) is 10.1 Å². The van der Waals surface area contributed by atoms with E-state index in [0.717, 1.165) is 18.2 Å². The van der Waals surface area contributed by atoms with Gasteiger partial charge >= 0.3 is 5.69 Å². The fraction of sp³-hybridized carbons (Fsp3) is 0.143. The first-order valence-electron chi connectivity index (χ1n) is 6.06. The molecule has 0 radical (unpaired) electrons. The van der Waals surface area contributed by atoms with Crippen LogP contribution in [-0.4, -0.2) is 9.91 Å². The lowest BCUT2D eigenvalue weighted by atomic mass is 10.2. The van der Waals surface area contributed by atoms with Crippen molar-refractivity contribution in [2.24, 2.45) is 0 Å². The number of rotatable bonds is 4. The Morgan fingerprint density at radius 2 is 2.10 bits per heavy atom. The maximum atomic E-state index is 11.1. The van der Waals surface area contributed by atoms with Crippen molar-refractivity contribution < 1.29 is 9.66 Å². The van der Waals surface area contributed by atoms with E-state index in [1.165, 1.54) is 0 Å². The van der Waals surface area contributed by atoms with Gasteiger partial charge in [0, 0.05) is 0 Å². The Balaban J connectivity index is 2.49. The Bertz CT molecular complexity index is 723. The van der Waals surface area contributed by atoms with Crippen molar-refractivity contribution in [2.45, 2.75) is 13.3 Å². The molecular weight excluding hydrogens is 294 g/mol. The average molecular weight is 304 g/mol. The molecule has 0 spiro atoms. The predicted molar refractivity (Wildman–Crippen MR) is 76.5 cm³/mol. The standard InChI is InChI=1S/C14H10ClN3O3/c1-2-9-3-5-11(6-4-9)21-13-10(7-16)8-17-14(15)12(13)18(19)20/h3-6,8H,2H2,1H3. The van der Waals surface area contributed by atoms with E-state index in [1.54, 1.807) is 12.1 Å². The van der Waals surface area contributed by atoms with Gasteiger partial charge in [0.2, 0.25) is 10.9 Å². The van der Waals surface area contributed by atoms with Gasteiger partial charge in [-0.15, -0.1) is 0 Å². The second-order valence-electron chi connectivity index (χ2n) is 4.11. The van der Waals surface area contributed by atoms with Crippen molar-refractivity contribution in [3.8, 4) is 17.6 Å². The molecule has 0 saturated heterocycles. The zero-order valence-corrected chi connectivity index (χ0v) is 11.8. The van der Waals surface area contributed by atoms with E-state index >= 15 is 0 Å². The molecule has 0 aliphatic rings. The number of hydrogen-bond donors (Lipinski definition) is 0. The van der Waals surface area contributed by atoms with Crippen LogP contribution in [-0.2, 0) is 6.42 Å². The number of ether oxygens (including phenoxy) is 1. The van der Waals surface area contributed by atoms with Crippen LogP contribution in [0.1, 0.15) is 18.1 Å². The summed E-state index contributed by atoms with van der Waals surface area (Å²) in [6.45, 7) is 2.01. The van der Waals surface area contributed by atoms with Crippen molar-refractivity contribution in [1.82, 2.24) is 4.98 Å². The molecule has 0 amide bonds.